The van der Waals surface area contributed by atoms with Gasteiger partial charge < -0.3 is 15.8 Å². The summed E-state index contributed by atoms with van der Waals surface area (Å²) < 4.78 is 0. The van der Waals surface area contributed by atoms with Crippen LogP contribution in [-0.2, 0) is 0 Å². The van der Waals surface area contributed by atoms with Crippen LogP contribution in [0.3, 0.4) is 0 Å². The van der Waals surface area contributed by atoms with Crippen molar-refractivity contribution in [3.05, 3.63) is 17.6 Å². The molecule has 0 radical (unpaired) electrons. The van der Waals surface area contributed by atoms with Crippen LogP contribution in [0.15, 0.2) is 11.2 Å². The van der Waals surface area contributed by atoms with Crippen LogP contribution in [0.1, 0.15) is 11.5 Å². The molecule has 19 heavy (non-hydrogen) atoms. The fraction of sp³-hybridized carbons (Fsp3) is 0.583. The smallest absolute Gasteiger partial charge is 0.153 e. The molecule has 1 saturated heterocycles. The zero-order valence-corrected chi connectivity index (χ0v) is 11.4. The Labute approximate surface area is 112 Å². The van der Waals surface area contributed by atoms with Crippen LogP contribution in [-0.4, -0.2) is 58.6 Å². The highest BCUT2D eigenvalue weighted by Gasteiger charge is 2.19. The van der Waals surface area contributed by atoms with E-state index >= 15 is 0 Å². The second-order valence-electron chi connectivity index (χ2n) is 4.77. The largest absolute Gasteiger partial charge is 0.409 e. The van der Waals surface area contributed by atoms with Crippen molar-refractivity contribution < 1.29 is 5.21 Å². The van der Waals surface area contributed by atoms with Crippen LogP contribution in [0.2, 0.25) is 0 Å². The van der Waals surface area contributed by atoms with Gasteiger partial charge in [0, 0.05) is 37.9 Å². The van der Waals surface area contributed by atoms with Crippen LogP contribution in [0.5, 0.6) is 0 Å². The number of hydrogen-bond acceptors (Lipinski definition) is 6. The first kappa shape index (κ1) is 13.5. The van der Waals surface area contributed by atoms with Crippen LogP contribution >= 0.6 is 0 Å². The topological polar surface area (TPSA) is 90.9 Å². The summed E-state index contributed by atoms with van der Waals surface area (Å²) in [6, 6.07) is 2.01. The number of hydrogen-bond donors (Lipinski definition) is 2. The predicted molar refractivity (Wildman–Crippen MR) is 73.6 cm³/mol. The van der Waals surface area contributed by atoms with Gasteiger partial charge in [-0.3, -0.25) is 4.90 Å². The van der Waals surface area contributed by atoms with Crippen LogP contribution in [0.25, 0.3) is 0 Å². The van der Waals surface area contributed by atoms with E-state index in [2.05, 4.69) is 24.9 Å². The van der Waals surface area contributed by atoms with Crippen LogP contribution < -0.4 is 10.6 Å². The average molecular weight is 264 g/mol. The Bertz CT molecular complexity index is 447. The minimum absolute atomic E-state index is 0.252. The van der Waals surface area contributed by atoms with Gasteiger partial charge in [0.1, 0.15) is 11.6 Å². The summed E-state index contributed by atoms with van der Waals surface area (Å²) in [5.74, 6) is 2.03. The second kappa shape index (κ2) is 5.83. The first-order valence-electron chi connectivity index (χ1n) is 6.34. The minimum Gasteiger partial charge on any atom is -0.409 e. The molecule has 0 atom stereocenters. The number of anilines is 1. The molecule has 0 amide bonds. The monoisotopic (exact) mass is 264 g/mol. The van der Waals surface area contributed by atoms with Crippen molar-refractivity contribution in [3.8, 4) is 0 Å². The summed E-state index contributed by atoms with van der Waals surface area (Å²) in [5, 5.41) is 11.6. The Kier molecular flexibility index (Phi) is 4.16. The molecule has 1 aromatic rings. The first-order valence-corrected chi connectivity index (χ1v) is 6.34. The Morgan fingerprint density at radius 1 is 1.32 bits per heavy atom. The molecular formula is C12H20N6O. The third kappa shape index (κ3) is 3.54. The van der Waals surface area contributed by atoms with E-state index in [1.165, 1.54) is 0 Å². The maximum absolute atomic E-state index is 8.57. The minimum atomic E-state index is 0.252. The molecule has 0 aliphatic carbocycles. The van der Waals surface area contributed by atoms with Crippen LogP contribution in [0, 0.1) is 13.8 Å². The number of piperazine rings is 1. The third-order valence-corrected chi connectivity index (χ3v) is 3.16. The molecule has 2 rings (SSSR count). The van der Waals surface area contributed by atoms with Crippen molar-refractivity contribution in [3.63, 3.8) is 0 Å². The van der Waals surface area contributed by atoms with E-state index < -0.39 is 0 Å². The quantitative estimate of drug-likeness (QED) is 0.344. The fourth-order valence-electron chi connectivity index (χ4n) is 2.26. The predicted octanol–water partition coefficient (Wildman–Crippen LogP) is -0.0382. The molecule has 1 aliphatic heterocycles. The standard InChI is InChI=1S/C12H20N6O/c1-9-7-12(15-10(2)14-9)18-5-3-17(4-6-18)8-11(13)16-19/h7,19H,3-6,8H2,1-2H3,(H2,13,16). The van der Waals surface area contributed by atoms with Crippen molar-refractivity contribution in [2.75, 3.05) is 37.6 Å². The summed E-state index contributed by atoms with van der Waals surface area (Å²) in [4.78, 5) is 13.2. The van der Waals surface area contributed by atoms with E-state index in [0.717, 1.165) is 43.5 Å². The van der Waals surface area contributed by atoms with Gasteiger partial charge in [0.15, 0.2) is 5.84 Å². The zero-order valence-electron chi connectivity index (χ0n) is 11.4. The maximum atomic E-state index is 8.57. The van der Waals surface area contributed by atoms with Crippen molar-refractivity contribution >= 4 is 11.7 Å². The molecule has 0 unspecified atom stereocenters. The number of nitrogens with zero attached hydrogens (tertiary/aromatic N) is 5. The Morgan fingerprint density at radius 3 is 2.58 bits per heavy atom. The highest BCUT2D eigenvalue weighted by atomic mass is 16.4. The Balaban J connectivity index is 1.96. The van der Waals surface area contributed by atoms with E-state index in [1.54, 1.807) is 0 Å². The summed E-state index contributed by atoms with van der Waals surface area (Å²) in [5.41, 5.74) is 6.50. The van der Waals surface area contributed by atoms with Crippen molar-refractivity contribution in [1.29, 1.82) is 0 Å². The van der Waals surface area contributed by atoms with Gasteiger partial charge in [-0.15, -0.1) is 0 Å². The van der Waals surface area contributed by atoms with E-state index in [0.29, 0.717) is 6.54 Å². The van der Waals surface area contributed by atoms with Crippen molar-refractivity contribution in [2.45, 2.75) is 13.8 Å². The molecular weight excluding hydrogens is 244 g/mol. The number of oxime groups is 1. The van der Waals surface area contributed by atoms with Crippen LogP contribution in [0.4, 0.5) is 5.82 Å². The normalized spacial score (nSPS) is 17.8. The molecule has 3 N–H and O–H groups in total. The third-order valence-electron chi connectivity index (χ3n) is 3.16. The SMILES string of the molecule is Cc1cc(N2CCN(CC(N)=NO)CC2)nc(C)n1. The van der Waals surface area contributed by atoms with Gasteiger partial charge in [0.25, 0.3) is 0 Å². The highest BCUT2D eigenvalue weighted by molar-refractivity contribution is 5.81. The van der Waals surface area contributed by atoms with Gasteiger partial charge in [0.05, 0.1) is 6.54 Å². The number of aryl methyl sites for hydroxylation is 2. The van der Waals surface area contributed by atoms with E-state index in [1.807, 2.05) is 19.9 Å². The summed E-state index contributed by atoms with van der Waals surface area (Å²) in [6.07, 6.45) is 0. The molecule has 2 heterocycles. The number of nitrogens with two attached hydrogens (primary N) is 1. The van der Waals surface area contributed by atoms with Gasteiger partial charge in [-0.05, 0) is 13.8 Å². The second-order valence-corrected chi connectivity index (χ2v) is 4.77. The van der Waals surface area contributed by atoms with Crippen molar-refractivity contribution in [1.82, 2.24) is 14.9 Å². The Hall–Kier alpha value is -1.89. The summed E-state index contributed by atoms with van der Waals surface area (Å²) >= 11 is 0. The lowest BCUT2D eigenvalue weighted by Gasteiger charge is -2.35. The highest BCUT2D eigenvalue weighted by Crippen LogP contribution is 2.14. The lowest BCUT2D eigenvalue weighted by Crippen LogP contribution is -2.49. The molecule has 7 nitrogen and oxygen atoms in total. The molecule has 0 spiro atoms. The summed E-state index contributed by atoms with van der Waals surface area (Å²) in [7, 11) is 0. The number of aromatic nitrogens is 2. The summed E-state index contributed by atoms with van der Waals surface area (Å²) in [6.45, 7) is 7.91. The molecule has 1 aliphatic rings. The average Bonchev–Trinajstić information content (AvgIpc) is 2.38. The molecule has 1 aromatic heterocycles. The molecule has 1 fully saturated rings. The van der Waals surface area contributed by atoms with Gasteiger partial charge >= 0.3 is 0 Å². The van der Waals surface area contributed by atoms with E-state index in [9.17, 15) is 0 Å². The molecule has 0 saturated carbocycles. The van der Waals surface area contributed by atoms with E-state index in [-0.39, 0.29) is 5.84 Å². The van der Waals surface area contributed by atoms with Gasteiger partial charge in [-0.1, -0.05) is 5.16 Å². The fourth-order valence-corrected chi connectivity index (χ4v) is 2.26. The molecule has 0 aromatic carbocycles. The lowest BCUT2D eigenvalue weighted by atomic mass is 10.3. The van der Waals surface area contributed by atoms with Gasteiger partial charge in [0.2, 0.25) is 0 Å². The molecule has 104 valence electrons. The van der Waals surface area contributed by atoms with Crippen molar-refractivity contribution in [2.24, 2.45) is 10.9 Å². The molecule has 7 heteroatoms. The number of amidine groups is 1. The zero-order chi connectivity index (χ0) is 13.8. The maximum Gasteiger partial charge on any atom is 0.153 e. The molecule has 0 bridgehead atoms. The van der Waals surface area contributed by atoms with E-state index in [4.69, 9.17) is 10.9 Å². The first-order chi connectivity index (χ1) is 9.08. The number of rotatable bonds is 3. The Morgan fingerprint density at radius 2 is 2.00 bits per heavy atom. The van der Waals surface area contributed by atoms with Gasteiger partial charge in [-0.25, -0.2) is 9.97 Å². The lowest BCUT2D eigenvalue weighted by molar-refractivity contribution is 0.278. The van der Waals surface area contributed by atoms with Gasteiger partial charge in [-0.2, -0.15) is 0 Å².